The van der Waals surface area contributed by atoms with Crippen molar-refractivity contribution in [2.75, 3.05) is 13.1 Å². The van der Waals surface area contributed by atoms with E-state index in [1.165, 1.54) is 0 Å². The zero-order valence-electron chi connectivity index (χ0n) is 10.2. The molecule has 1 aromatic rings. The third-order valence-corrected chi connectivity index (χ3v) is 3.36. The lowest BCUT2D eigenvalue weighted by Gasteiger charge is -2.35. The van der Waals surface area contributed by atoms with E-state index < -0.39 is 0 Å². The van der Waals surface area contributed by atoms with Gasteiger partial charge in [-0.2, -0.15) is 0 Å². The number of hydrogen-bond acceptors (Lipinski definition) is 3. The van der Waals surface area contributed by atoms with Crippen molar-refractivity contribution >= 4 is 5.78 Å². The zero-order chi connectivity index (χ0) is 12.3. The molecule has 0 bridgehead atoms. The first-order valence-electron chi connectivity index (χ1n) is 6.16. The first-order valence-corrected chi connectivity index (χ1v) is 6.16. The predicted octanol–water partition coefficient (Wildman–Crippen LogP) is 1.77. The molecule has 1 atom stereocenters. The minimum Gasteiger partial charge on any atom is -0.393 e. The minimum absolute atomic E-state index is 0.149. The number of Topliss-reactive ketones (excluding diaryl/α,β-unsaturated/α-hetero) is 1. The van der Waals surface area contributed by atoms with E-state index in [0.717, 1.165) is 31.5 Å². The summed E-state index contributed by atoms with van der Waals surface area (Å²) in [7, 11) is 0. The number of carbonyl (C=O) groups is 1. The van der Waals surface area contributed by atoms with Crippen LogP contribution in [0, 0.1) is 0 Å². The van der Waals surface area contributed by atoms with Gasteiger partial charge in [0.1, 0.15) is 0 Å². The molecule has 1 aromatic carbocycles. The smallest absolute Gasteiger partial charge is 0.151 e. The highest BCUT2D eigenvalue weighted by molar-refractivity contribution is 5.82. The standard InChI is InChI=1S/C14H19NO2/c1-11(16)14(12-5-3-2-4-6-12)15-9-7-13(17)8-10-15/h2-6,13-14,17H,7-10H2,1H3/t14-/m0/s1. The monoisotopic (exact) mass is 233 g/mol. The summed E-state index contributed by atoms with van der Waals surface area (Å²) in [5, 5.41) is 9.51. The molecule has 2 rings (SSSR count). The Morgan fingerprint density at radius 3 is 2.41 bits per heavy atom. The van der Waals surface area contributed by atoms with Crippen LogP contribution >= 0.6 is 0 Å². The lowest BCUT2D eigenvalue weighted by molar-refractivity contribution is -0.123. The van der Waals surface area contributed by atoms with E-state index in [2.05, 4.69) is 4.90 Å². The number of rotatable bonds is 3. The van der Waals surface area contributed by atoms with Crippen molar-refractivity contribution in [1.82, 2.24) is 4.90 Å². The first kappa shape index (κ1) is 12.3. The number of likely N-dealkylation sites (tertiary alicyclic amines) is 1. The molecule has 1 aliphatic heterocycles. The summed E-state index contributed by atoms with van der Waals surface area (Å²) < 4.78 is 0. The van der Waals surface area contributed by atoms with E-state index in [-0.39, 0.29) is 17.9 Å². The lowest BCUT2D eigenvalue weighted by atomic mass is 9.98. The molecular formula is C14H19NO2. The summed E-state index contributed by atoms with van der Waals surface area (Å²) >= 11 is 0. The average Bonchev–Trinajstić information content (AvgIpc) is 2.33. The molecule has 0 aliphatic carbocycles. The van der Waals surface area contributed by atoms with Crippen LogP contribution in [0.15, 0.2) is 30.3 Å². The predicted molar refractivity (Wildman–Crippen MR) is 66.7 cm³/mol. The number of aliphatic hydroxyl groups is 1. The summed E-state index contributed by atoms with van der Waals surface area (Å²) in [5.41, 5.74) is 1.05. The Bertz CT molecular complexity index is 369. The van der Waals surface area contributed by atoms with Crippen molar-refractivity contribution in [1.29, 1.82) is 0 Å². The number of aliphatic hydroxyl groups excluding tert-OH is 1. The summed E-state index contributed by atoms with van der Waals surface area (Å²) in [4.78, 5) is 14.0. The molecule has 0 radical (unpaired) electrons. The van der Waals surface area contributed by atoms with Crippen LogP contribution in [0.1, 0.15) is 31.4 Å². The van der Waals surface area contributed by atoms with Gasteiger partial charge >= 0.3 is 0 Å². The second kappa shape index (κ2) is 5.43. The average molecular weight is 233 g/mol. The molecule has 3 nitrogen and oxygen atoms in total. The molecule has 1 fully saturated rings. The Hall–Kier alpha value is -1.19. The van der Waals surface area contributed by atoms with Gasteiger partial charge in [0.2, 0.25) is 0 Å². The van der Waals surface area contributed by atoms with E-state index in [4.69, 9.17) is 0 Å². The van der Waals surface area contributed by atoms with Crippen LogP contribution in [-0.4, -0.2) is 35.0 Å². The summed E-state index contributed by atoms with van der Waals surface area (Å²) in [5.74, 6) is 0.174. The maximum absolute atomic E-state index is 11.8. The van der Waals surface area contributed by atoms with Crippen LogP contribution in [0.25, 0.3) is 0 Å². The third-order valence-electron chi connectivity index (χ3n) is 3.36. The molecule has 92 valence electrons. The van der Waals surface area contributed by atoms with Gasteiger partial charge in [0.05, 0.1) is 12.1 Å². The normalized spacial score (nSPS) is 20.1. The van der Waals surface area contributed by atoms with Gasteiger partial charge in [-0.1, -0.05) is 30.3 Å². The quantitative estimate of drug-likeness (QED) is 0.865. The SMILES string of the molecule is CC(=O)[C@@H](c1ccccc1)N1CCC(O)CC1. The highest BCUT2D eigenvalue weighted by Gasteiger charge is 2.27. The number of ketones is 1. The minimum atomic E-state index is -0.199. The zero-order valence-corrected chi connectivity index (χ0v) is 10.2. The largest absolute Gasteiger partial charge is 0.393 e. The number of nitrogens with zero attached hydrogens (tertiary/aromatic N) is 1. The first-order chi connectivity index (χ1) is 8.18. The Morgan fingerprint density at radius 1 is 1.29 bits per heavy atom. The summed E-state index contributed by atoms with van der Waals surface area (Å²) in [6, 6.07) is 9.73. The molecule has 1 N–H and O–H groups in total. The van der Waals surface area contributed by atoms with Gasteiger partial charge in [0.25, 0.3) is 0 Å². The van der Waals surface area contributed by atoms with Gasteiger partial charge in [0.15, 0.2) is 5.78 Å². The molecule has 1 aliphatic rings. The van der Waals surface area contributed by atoms with Crippen LogP contribution in [0.3, 0.4) is 0 Å². The number of hydrogen-bond donors (Lipinski definition) is 1. The Labute approximate surface area is 102 Å². The maximum Gasteiger partial charge on any atom is 0.151 e. The fourth-order valence-corrected chi connectivity index (χ4v) is 2.48. The van der Waals surface area contributed by atoms with Gasteiger partial charge < -0.3 is 5.11 Å². The lowest BCUT2D eigenvalue weighted by Crippen LogP contribution is -2.40. The third kappa shape index (κ3) is 2.93. The van der Waals surface area contributed by atoms with Crippen LogP contribution in [0.4, 0.5) is 0 Å². The van der Waals surface area contributed by atoms with Crippen LogP contribution in [0.5, 0.6) is 0 Å². The van der Waals surface area contributed by atoms with Gasteiger partial charge in [0, 0.05) is 13.1 Å². The van der Waals surface area contributed by atoms with Crippen molar-refractivity contribution in [3.05, 3.63) is 35.9 Å². The molecule has 0 saturated carbocycles. The molecule has 0 aromatic heterocycles. The number of benzene rings is 1. The topological polar surface area (TPSA) is 40.5 Å². The van der Waals surface area contributed by atoms with E-state index in [9.17, 15) is 9.90 Å². The van der Waals surface area contributed by atoms with E-state index in [1.807, 2.05) is 30.3 Å². The van der Waals surface area contributed by atoms with Crippen molar-refractivity contribution in [3.8, 4) is 0 Å². The van der Waals surface area contributed by atoms with Gasteiger partial charge in [-0.15, -0.1) is 0 Å². The van der Waals surface area contributed by atoms with Crippen molar-refractivity contribution < 1.29 is 9.90 Å². The second-order valence-corrected chi connectivity index (χ2v) is 4.69. The maximum atomic E-state index is 11.8. The molecule has 3 heteroatoms. The molecule has 17 heavy (non-hydrogen) atoms. The van der Waals surface area contributed by atoms with Crippen molar-refractivity contribution in [2.45, 2.75) is 31.9 Å². The fraction of sp³-hybridized carbons (Fsp3) is 0.500. The highest BCUT2D eigenvalue weighted by Crippen LogP contribution is 2.25. The van der Waals surface area contributed by atoms with Gasteiger partial charge in [-0.3, -0.25) is 9.69 Å². The van der Waals surface area contributed by atoms with E-state index in [0.29, 0.717) is 0 Å². The van der Waals surface area contributed by atoms with Crippen LogP contribution < -0.4 is 0 Å². The Morgan fingerprint density at radius 2 is 1.88 bits per heavy atom. The van der Waals surface area contributed by atoms with Crippen molar-refractivity contribution in [3.63, 3.8) is 0 Å². The fourth-order valence-electron chi connectivity index (χ4n) is 2.48. The van der Waals surface area contributed by atoms with Gasteiger partial charge in [-0.05, 0) is 25.3 Å². The molecule has 0 unspecified atom stereocenters. The van der Waals surface area contributed by atoms with Crippen LogP contribution in [-0.2, 0) is 4.79 Å². The van der Waals surface area contributed by atoms with E-state index >= 15 is 0 Å². The molecule has 0 amide bonds. The summed E-state index contributed by atoms with van der Waals surface area (Å²) in [6.07, 6.45) is 1.32. The Kier molecular flexibility index (Phi) is 3.92. The van der Waals surface area contributed by atoms with Gasteiger partial charge in [-0.25, -0.2) is 0 Å². The molecule has 0 spiro atoms. The molecule has 1 saturated heterocycles. The number of carbonyl (C=O) groups excluding carboxylic acids is 1. The highest BCUT2D eigenvalue weighted by atomic mass is 16.3. The molecular weight excluding hydrogens is 214 g/mol. The van der Waals surface area contributed by atoms with Crippen molar-refractivity contribution in [2.24, 2.45) is 0 Å². The van der Waals surface area contributed by atoms with Crippen LogP contribution in [0.2, 0.25) is 0 Å². The summed E-state index contributed by atoms with van der Waals surface area (Å²) in [6.45, 7) is 3.23. The second-order valence-electron chi connectivity index (χ2n) is 4.69. The van der Waals surface area contributed by atoms with E-state index in [1.54, 1.807) is 6.92 Å². The number of piperidine rings is 1. The Balaban J connectivity index is 2.16. The molecule has 1 heterocycles.